The number of nitrogens with two attached hydrogens (primary N) is 1. The van der Waals surface area contributed by atoms with Crippen molar-refractivity contribution < 1.29 is 14.3 Å². The average molecular weight is 189 g/mol. The maximum Gasteiger partial charge on any atom is 0.322 e. The van der Waals surface area contributed by atoms with Crippen molar-refractivity contribution in [2.75, 3.05) is 19.8 Å². The van der Waals surface area contributed by atoms with E-state index >= 15 is 0 Å². The molecule has 0 rings (SSSR count). The summed E-state index contributed by atoms with van der Waals surface area (Å²) in [5.41, 5.74) is 5.53. The van der Waals surface area contributed by atoms with Crippen LogP contribution in [-0.2, 0) is 14.3 Å². The SMILES string of the molecule is CCCC(N)C(=O)OCCOCC. The van der Waals surface area contributed by atoms with Crippen LogP contribution in [0.15, 0.2) is 0 Å². The summed E-state index contributed by atoms with van der Waals surface area (Å²) in [5.74, 6) is -0.332. The zero-order valence-electron chi connectivity index (χ0n) is 8.41. The third kappa shape index (κ3) is 6.54. The molecule has 0 aromatic rings. The fraction of sp³-hybridized carbons (Fsp3) is 0.889. The summed E-state index contributed by atoms with van der Waals surface area (Å²) in [4.78, 5) is 11.1. The average Bonchev–Trinajstić information content (AvgIpc) is 2.12. The molecule has 4 heteroatoms. The maximum atomic E-state index is 11.1. The molecule has 0 radical (unpaired) electrons. The molecule has 0 aromatic carbocycles. The van der Waals surface area contributed by atoms with Crippen molar-refractivity contribution in [1.82, 2.24) is 0 Å². The molecule has 13 heavy (non-hydrogen) atoms. The molecule has 0 saturated heterocycles. The van der Waals surface area contributed by atoms with E-state index in [1.807, 2.05) is 13.8 Å². The number of esters is 1. The van der Waals surface area contributed by atoms with Crippen LogP contribution < -0.4 is 5.73 Å². The molecule has 0 aromatic heterocycles. The molecular formula is C9H19NO3. The molecule has 1 unspecified atom stereocenters. The Labute approximate surface area is 79.4 Å². The first kappa shape index (κ1) is 12.4. The van der Waals surface area contributed by atoms with Gasteiger partial charge in [-0.2, -0.15) is 0 Å². The second-order valence-corrected chi connectivity index (χ2v) is 2.76. The monoisotopic (exact) mass is 189 g/mol. The smallest absolute Gasteiger partial charge is 0.322 e. The van der Waals surface area contributed by atoms with Crippen molar-refractivity contribution >= 4 is 5.97 Å². The normalized spacial score (nSPS) is 12.5. The van der Waals surface area contributed by atoms with Crippen LogP contribution in [0.5, 0.6) is 0 Å². The lowest BCUT2D eigenvalue weighted by Crippen LogP contribution is -2.32. The van der Waals surface area contributed by atoms with Crippen LogP contribution in [0.3, 0.4) is 0 Å². The number of ether oxygens (including phenoxy) is 2. The molecule has 0 fully saturated rings. The zero-order chi connectivity index (χ0) is 10.1. The summed E-state index contributed by atoms with van der Waals surface area (Å²) < 4.78 is 9.88. The van der Waals surface area contributed by atoms with Gasteiger partial charge in [0.25, 0.3) is 0 Å². The molecular weight excluding hydrogens is 170 g/mol. The van der Waals surface area contributed by atoms with Gasteiger partial charge in [0.15, 0.2) is 0 Å². The van der Waals surface area contributed by atoms with E-state index in [9.17, 15) is 4.79 Å². The van der Waals surface area contributed by atoms with Crippen LogP contribution in [0, 0.1) is 0 Å². The van der Waals surface area contributed by atoms with Gasteiger partial charge in [0.05, 0.1) is 6.61 Å². The number of carbonyl (C=O) groups excluding carboxylic acids is 1. The van der Waals surface area contributed by atoms with Gasteiger partial charge in [-0.15, -0.1) is 0 Å². The predicted octanol–water partition coefficient (Wildman–Crippen LogP) is 0.694. The van der Waals surface area contributed by atoms with E-state index in [0.29, 0.717) is 26.2 Å². The Bertz CT molecular complexity index is 139. The van der Waals surface area contributed by atoms with E-state index in [1.165, 1.54) is 0 Å². The van der Waals surface area contributed by atoms with Crippen molar-refractivity contribution in [2.45, 2.75) is 32.7 Å². The Balaban J connectivity index is 3.38. The van der Waals surface area contributed by atoms with E-state index < -0.39 is 6.04 Å². The molecule has 0 aliphatic heterocycles. The van der Waals surface area contributed by atoms with E-state index in [1.54, 1.807) is 0 Å². The van der Waals surface area contributed by atoms with Crippen molar-refractivity contribution in [2.24, 2.45) is 5.73 Å². The molecule has 0 aliphatic rings. The topological polar surface area (TPSA) is 61.6 Å². The van der Waals surface area contributed by atoms with Crippen molar-refractivity contribution in [3.05, 3.63) is 0 Å². The minimum Gasteiger partial charge on any atom is -0.462 e. The third-order valence-corrected chi connectivity index (χ3v) is 1.58. The number of hydrogen-bond donors (Lipinski definition) is 1. The third-order valence-electron chi connectivity index (χ3n) is 1.58. The van der Waals surface area contributed by atoms with E-state index in [-0.39, 0.29) is 5.97 Å². The minimum absolute atomic E-state index is 0.296. The lowest BCUT2D eigenvalue weighted by atomic mass is 10.2. The first-order chi connectivity index (χ1) is 6.22. The van der Waals surface area contributed by atoms with Crippen LogP contribution >= 0.6 is 0 Å². The summed E-state index contributed by atoms with van der Waals surface area (Å²) in [6.07, 6.45) is 1.56. The van der Waals surface area contributed by atoms with Crippen LogP contribution in [-0.4, -0.2) is 31.8 Å². The second-order valence-electron chi connectivity index (χ2n) is 2.76. The Kier molecular flexibility index (Phi) is 7.63. The van der Waals surface area contributed by atoms with Crippen LogP contribution in [0.25, 0.3) is 0 Å². The molecule has 0 heterocycles. The summed E-state index contributed by atoms with van der Waals surface area (Å²) >= 11 is 0. The van der Waals surface area contributed by atoms with Gasteiger partial charge in [-0.1, -0.05) is 13.3 Å². The van der Waals surface area contributed by atoms with Gasteiger partial charge in [0.2, 0.25) is 0 Å². The molecule has 0 spiro atoms. The minimum atomic E-state index is -0.480. The van der Waals surface area contributed by atoms with Gasteiger partial charge < -0.3 is 15.2 Å². The number of rotatable bonds is 7. The highest BCUT2D eigenvalue weighted by Crippen LogP contribution is 1.95. The van der Waals surface area contributed by atoms with E-state index in [0.717, 1.165) is 6.42 Å². The van der Waals surface area contributed by atoms with Gasteiger partial charge >= 0.3 is 5.97 Å². The predicted molar refractivity (Wildman–Crippen MR) is 50.3 cm³/mol. The maximum absolute atomic E-state index is 11.1. The number of hydrogen-bond acceptors (Lipinski definition) is 4. The first-order valence-electron chi connectivity index (χ1n) is 4.72. The number of carbonyl (C=O) groups is 1. The van der Waals surface area contributed by atoms with E-state index in [4.69, 9.17) is 15.2 Å². The molecule has 2 N–H and O–H groups in total. The van der Waals surface area contributed by atoms with E-state index in [2.05, 4.69) is 0 Å². The largest absolute Gasteiger partial charge is 0.462 e. The van der Waals surface area contributed by atoms with Crippen molar-refractivity contribution in [1.29, 1.82) is 0 Å². The highest BCUT2D eigenvalue weighted by Gasteiger charge is 2.12. The highest BCUT2D eigenvalue weighted by atomic mass is 16.6. The molecule has 0 aliphatic carbocycles. The molecule has 0 amide bonds. The van der Waals surface area contributed by atoms with Gasteiger partial charge in [-0.05, 0) is 13.3 Å². The lowest BCUT2D eigenvalue weighted by molar-refractivity contribution is -0.146. The first-order valence-corrected chi connectivity index (χ1v) is 4.72. The quantitative estimate of drug-likeness (QED) is 0.473. The molecule has 78 valence electrons. The highest BCUT2D eigenvalue weighted by molar-refractivity contribution is 5.75. The van der Waals surface area contributed by atoms with Crippen molar-refractivity contribution in [3.8, 4) is 0 Å². The Morgan fingerprint density at radius 2 is 2.08 bits per heavy atom. The van der Waals surface area contributed by atoms with Crippen molar-refractivity contribution in [3.63, 3.8) is 0 Å². The standard InChI is InChI=1S/C9H19NO3/c1-3-5-8(10)9(11)13-7-6-12-4-2/h8H,3-7,10H2,1-2H3. The zero-order valence-corrected chi connectivity index (χ0v) is 8.41. The van der Waals surface area contributed by atoms with Crippen LogP contribution in [0.2, 0.25) is 0 Å². The van der Waals surface area contributed by atoms with Gasteiger partial charge in [-0.3, -0.25) is 4.79 Å². The van der Waals surface area contributed by atoms with Gasteiger partial charge in [0.1, 0.15) is 12.6 Å². The summed E-state index contributed by atoms with van der Waals surface area (Å²) in [7, 11) is 0. The van der Waals surface area contributed by atoms with Crippen LogP contribution in [0.1, 0.15) is 26.7 Å². The molecule has 1 atom stereocenters. The Hall–Kier alpha value is -0.610. The summed E-state index contributed by atoms with van der Waals surface area (Å²) in [6.45, 7) is 5.25. The summed E-state index contributed by atoms with van der Waals surface area (Å²) in [5, 5.41) is 0. The molecule has 4 nitrogen and oxygen atoms in total. The second kappa shape index (κ2) is 8.01. The van der Waals surface area contributed by atoms with Gasteiger partial charge in [0, 0.05) is 6.61 Å². The molecule has 0 bridgehead atoms. The fourth-order valence-corrected chi connectivity index (χ4v) is 0.881. The Morgan fingerprint density at radius 3 is 2.62 bits per heavy atom. The lowest BCUT2D eigenvalue weighted by Gasteiger charge is -2.09. The summed E-state index contributed by atoms with van der Waals surface area (Å²) in [6, 6.07) is -0.480. The fourth-order valence-electron chi connectivity index (χ4n) is 0.881. The van der Waals surface area contributed by atoms with Crippen LogP contribution in [0.4, 0.5) is 0 Å². The van der Waals surface area contributed by atoms with Gasteiger partial charge in [-0.25, -0.2) is 0 Å². The molecule has 0 saturated carbocycles. The Morgan fingerprint density at radius 1 is 1.38 bits per heavy atom.